The van der Waals surface area contributed by atoms with Crippen LogP contribution in [-0.4, -0.2) is 37.5 Å². The summed E-state index contributed by atoms with van der Waals surface area (Å²) in [6.45, 7) is 0. The van der Waals surface area contributed by atoms with Crippen molar-refractivity contribution in [1.29, 1.82) is 0 Å². The van der Waals surface area contributed by atoms with Gasteiger partial charge < -0.3 is 9.47 Å². The molecule has 140 valence electrons. The second-order valence-corrected chi connectivity index (χ2v) is 5.86. The van der Waals surface area contributed by atoms with Crippen LogP contribution in [0.15, 0.2) is 55.2 Å². The number of ether oxygens (including phenoxy) is 2. The largest absolute Gasteiger partial charge is 0.481 e. The lowest BCUT2D eigenvalue weighted by molar-refractivity contribution is 0.0992. The first-order valence-electron chi connectivity index (χ1n) is 8.27. The Bertz CT molecular complexity index is 1160. The monoisotopic (exact) mass is 379 g/mol. The maximum atomic E-state index is 13.3. The van der Waals surface area contributed by atoms with E-state index in [0.29, 0.717) is 28.5 Å². The van der Waals surface area contributed by atoms with E-state index in [1.165, 1.54) is 31.8 Å². The number of hydrogen-bond donors (Lipinski definition) is 0. The topological polar surface area (TPSA) is 91.5 Å². The Balaban J connectivity index is 1.67. The molecule has 8 nitrogen and oxygen atoms in total. The second-order valence-electron chi connectivity index (χ2n) is 5.86. The van der Waals surface area contributed by atoms with Crippen LogP contribution in [-0.2, 0) is 6.42 Å². The molecule has 0 unspecified atom stereocenters. The molecule has 0 bridgehead atoms. The SMILES string of the molecule is COc1cccc(CC(=O)c2cc(Oc3cncc(F)c3)cn3cnnc23)n1. The standard InChI is InChI=1S/C19H14FN5O3/c1-27-18-4-2-3-13(23-18)6-17(26)16-7-15(10-25-11-22-24-19(16)25)28-14-5-12(20)8-21-9-14/h2-5,7-11H,6H2,1H3. The first-order chi connectivity index (χ1) is 13.6. The average molecular weight is 379 g/mol. The average Bonchev–Trinajstić information content (AvgIpc) is 3.16. The van der Waals surface area contributed by atoms with Crippen molar-refractivity contribution < 1.29 is 18.7 Å². The summed E-state index contributed by atoms with van der Waals surface area (Å²) in [5.74, 6) is 0.209. The Morgan fingerprint density at radius 2 is 2.11 bits per heavy atom. The summed E-state index contributed by atoms with van der Waals surface area (Å²) in [7, 11) is 1.51. The zero-order valence-electron chi connectivity index (χ0n) is 14.7. The van der Waals surface area contributed by atoms with Crippen molar-refractivity contribution >= 4 is 11.4 Å². The Morgan fingerprint density at radius 1 is 1.21 bits per heavy atom. The Morgan fingerprint density at radius 3 is 2.93 bits per heavy atom. The summed E-state index contributed by atoms with van der Waals surface area (Å²) in [6.07, 6.45) is 5.55. The van der Waals surface area contributed by atoms with Gasteiger partial charge in [-0.05, 0) is 12.1 Å². The van der Waals surface area contributed by atoms with Gasteiger partial charge in [0, 0.05) is 12.1 Å². The third-order valence-electron chi connectivity index (χ3n) is 3.91. The molecule has 0 aromatic carbocycles. The van der Waals surface area contributed by atoms with Crippen LogP contribution in [0.4, 0.5) is 4.39 Å². The minimum absolute atomic E-state index is 0.0463. The molecule has 0 aliphatic heterocycles. The summed E-state index contributed by atoms with van der Waals surface area (Å²) in [5, 5.41) is 7.83. The highest BCUT2D eigenvalue weighted by Crippen LogP contribution is 2.25. The Labute approximate surface area is 158 Å². The first kappa shape index (κ1) is 17.5. The lowest BCUT2D eigenvalue weighted by Crippen LogP contribution is -2.08. The van der Waals surface area contributed by atoms with Gasteiger partial charge in [0.2, 0.25) is 5.88 Å². The van der Waals surface area contributed by atoms with E-state index in [1.807, 2.05) is 0 Å². The molecule has 0 saturated heterocycles. The van der Waals surface area contributed by atoms with Gasteiger partial charge in [-0.2, -0.15) is 0 Å². The van der Waals surface area contributed by atoms with Gasteiger partial charge in [0.25, 0.3) is 0 Å². The van der Waals surface area contributed by atoms with Crippen LogP contribution in [0.25, 0.3) is 5.65 Å². The van der Waals surface area contributed by atoms with Crippen molar-refractivity contribution in [2.45, 2.75) is 6.42 Å². The Hall–Kier alpha value is -3.88. The molecule has 0 fully saturated rings. The van der Waals surface area contributed by atoms with E-state index >= 15 is 0 Å². The van der Waals surface area contributed by atoms with E-state index < -0.39 is 5.82 Å². The number of ketones is 1. The van der Waals surface area contributed by atoms with Crippen molar-refractivity contribution in [3.05, 3.63) is 72.3 Å². The van der Waals surface area contributed by atoms with Gasteiger partial charge in [-0.25, -0.2) is 9.37 Å². The number of nitrogens with zero attached hydrogens (tertiary/aromatic N) is 5. The maximum Gasteiger partial charge on any atom is 0.213 e. The predicted molar refractivity (Wildman–Crippen MR) is 96.1 cm³/mol. The smallest absolute Gasteiger partial charge is 0.213 e. The number of carbonyl (C=O) groups excluding carboxylic acids is 1. The summed E-state index contributed by atoms with van der Waals surface area (Å²) < 4.78 is 25.6. The zero-order valence-corrected chi connectivity index (χ0v) is 14.7. The van der Waals surface area contributed by atoms with Crippen LogP contribution in [0.2, 0.25) is 0 Å². The number of aromatic nitrogens is 5. The highest BCUT2D eigenvalue weighted by Gasteiger charge is 2.17. The van der Waals surface area contributed by atoms with Gasteiger partial charge in [0.05, 0.1) is 43.4 Å². The molecule has 4 heterocycles. The minimum atomic E-state index is -0.525. The number of pyridine rings is 3. The predicted octanol–water partition coefficient (Wildman–Crippen LogP) is 2.88. The highest BCUT2D eigenvalue weighted by atomic mass is 19.1. The van der Waals surface area contributed by atoms with Gasteiger partial charge in [-0.3, -0.25) is 14.2 Å². The van der Waals surface area contributed by atoms with Crippen molar-refractivity contribution in [2.75, 3.05) is 7.11 Å². The van der Waals surface area contributed by atoms with E-state index in [-0.39, 0.29) is 18.0 Å². The molecule has 0 aliphatic rings. The summed E-state index contributed by atoms with van der Waals surface area (Å²) in [4.78, 5) is 20.9. The third-order valence-corrected chi connectivity index (χ3v) is 3.91. The van der Waals surface area contributed by atoms with Crippen LogP contribution >= 0.6 is 0 Å². The molecule has 0 saturated carbocycles. The minimum Gasteiger partial charge on any atom is -0.481 e. The number of hydrogen-bond acceptors (Lipinski definition) is 7. The second kappa shape index (κ2) is 7.39. The number of methoxy groups -OCH3 is 1. The molecule has 0 amide bonds. The lowest BCUT2D eigenvalue weighted by atomic mass is 10.1. The van der Waals surface area contributed by atoms with Gasteiger partial charge >= 0.3 is 0 Å². The molecule has 4 rings (SSSR count). The molecule has 0 spiro atoms. The number of fused-ring (bicyclic) bond motifs is 1. The van der Waals surface area contributed by atoms with Crippen molar-refractivity contribution in [2.24, 2.45) is 0 Å². The zero-order chi connectivity index (χ0) is 19.5. The first-order valence-corrected chi connectivity index (χ1v) is 8.27. The number of rotatable bonds is 6. The molecule has 4 aromatic heterocycles. The van der Waals surface area contributed by atoms with Gasteiger partial charge in [0.15, 0.2) is 11.4 Å². The number of Topliss-reactive ketones (excluding diaryl/α,β-unsaturated/α-hetero) is 1. The molecule has 0 aliphatic carbocycles. The number of halogens is 1. The van der Waals surface area contributed by atoms with E-state index in [2.05, 4.69) is 20.2 Å². The molecule has 28 heavy (non-hydrogen) atoms. The lowest BCUT2D eigenvalue weighted by Gasteiger charge is -2.09. The molecule has 0 N–H and O–H groups in total. The van der Waals surface area contributed by atoms with Crippen LogP contribution < -0.4 is 9.47 Å². The molecule has 0 radical (unpaired) electrons. The number of carbonyl (C=O) groups is 1. The molecule has 9 heteroatoms. The van der Waals surface area contributed by atoms with Crippen LogP contribution in [0, 0.1) is 5.82 Å². The van der Waals surface area contributed by atoms with E-state index in [1.54, 1.807) is 28.8 Å². The van der Waals surface area contributed by atoms with Crippen molar-refractivity contribution in [1.82, 2.24) is 24.6 Å². The third kappa shape index (κ3) is 3.63. The summed E-state index contributed by atoms with van der Waals surface area (Å²) in [6, 6.07) is 7.94. The summed E-state index contributed by atoms with van der Waals surface area (Å²) >= 11 is 0. The van der Waals surface area contributed by atoms with E-state index in [4.69, 9.17) is 9.47 Å². The van der Waals surface area contributed by atoms with Gasteiger partial charge in [-0.15, -0.1) is 10.2 Å². The van der Waals surface area contributed by atoms with Gasteiger partial charge in [0.1, 0.15) is 23.6 Å². The maximum absolute atomic E-state index is 13.3. The van der Waals surface area contributed by atoms with Crippen molar-refractivity contribution in [3.8, 4) is 17.4 Å². The highest BCUT2D eigenvalue weighted by molar-refractivity contribution is 6.02. The van der Waals surface area contributed by atoms with E-state index in [9.17, 15) is 9.18 Å². The van der Waals surface area contributed by atoms with Crippen LogP contribution in [0.3, 0.4) is 0 Å². The fraction of sp³-hybridized carbons (Fsp3) is 0.105. The van der Waals surface area contributed by atoms with Crippen LogP contribution in [0.1, 0.15) is 16.1 Å². The molecule has 0 atom stereocenters. The molecular weight excluding hydrogens is 365 g/mol. The van der Waals surface area contributed by atoms with Gasteiger partial charge in [-0.1, -0.05) is 6.07 Å². The van der Waals surface area contributed by atoms with E-state index in [0.717, 1.165) is 6.20 Å². The fourth-order valence-electron chi connectivity index (χ4n) is 2.69. The quantitative estimate of drug-likeness (QED) is 0.476. The fourth-order valence-corrected chi connectivity index (χ4v) is 2.69. The van der Waals surface area contributed by atoms with Crippen LogP contribution in [0.5, 0.6) is 17.4 Å². The molecular formula is C19H14FN5O3. The van der Waals surface area contributed by atoms with Crippen molar-refractivity contribution in [3.63, 3.8) is 0 Å². The normalized spacial score (nSPS) is 10.8. The molecule has 4 aromatic rings. The summed E-state index contributed by atoms with van der Waals surface area (Å²) in [5.41, 5.74) is 1.25. The Kier molecular flexibility index (Phi) is 4.63.